The van der Waals surface area contributed by atoms with Crippen LogP contribution in [0.25, 0.3) is 10.4 Å². The third-order valence-electron chi connectivity index (χ3n) is 5.40. The van der Waals surface area contributed by atoms with E-state index < -0.39 is 5.60 Å². The number of hydrogen-bond donors (Lipinski definition) is 0. The Bertz CT molecular complexity index is 1070. The second-order valence-corrected chi connectivity index (χ2v) is 9.15. The van der Waals surface area contributed by atoms with Crippen molar-refractivity contribution in [1.82, 2.24) is 0 Å². The number of carbonyl (C=O) groups is 1. The monoisotopic (exact) mass is 472 g/mol. The van der Waals surface area contributed by atoms with Crippen LogP contribution >= 0.6 is 22.9 Å². The number of halogens is 1. The Hall–Kier alpha value is -2.38. The molecule has 7 heteroatoms. The van der Waals surface area contributed by atoms with Gasteiger partial charge in [-0.05, 0) is 60.9 Å². The van der Waals surface area contributed by atoms with E-state index in [9.17, 15) is 4.79 Å². The quantitative estimate of drug-likeness (QED) is 0.370. The molecule has 1 aliphatic rings. The average Bonchev–Trinajstić information content (AvgIpc) is 3.23. The summed E-state index contributed by atoms with van der Waals surface area (Å²) in [5, 5.41) is 0.773. The van der Waals surface area contributed by atoms with Crippen LogP contribution in [0.15, 0.2) is 54.6 Å². The fraction of sp³-hybridized carbons (Fsp3) is 0.320. The summed E-state index contributed by atoms with van der Waals surface area (Å²) in [6, 6.07) is 17.9. The van der Waals surface area contributed by atoms with Crippen LogP contribution in [0.4, 0.5) is 0 Å². The molecule has 0 atom stereocenters. The lowest BCUT2D eigenvalue weighted by molar-refractivity contribution is -0.221. The first-order valence-electron chi connectivity index (χ1n) is 10.5. The van der Waals surface area contributed by atoms with Crippen molar-refractivity contribution >= 4 is 28.9 Å². The first kappa shape index (κ1) is 22.8. The molecule has 0 aliphatic carbocycles. The molecule has 1 aliphatic heterocycles. The summed E-state index contributed by atoms with van der Waals surface area (Å²) in [5.74, 6) is 0.394. The Morgan fingerprint density at radius 3 is 2.59 bits per heavy atom. The minimum absolute atomic E-state index is 0.0950. The van der Waals surface area contributed by atoms with E-state index in [1.54, 1.807) is 18.3 Å². The molecule has 168 valence electrons. The fourth-order valence-electron chi connectivity index (χ4n) is 3.50. The number of benzene rings is 2. The SMILES string of the molecule is CCOC(=O)COC1(c2ccc(OCc3ccc(-c4cccc(Cl)c4C)s3)cc2)COC1. The molecule has 4 rings (SSSR count). The summed E-state index contributed by atoms with van der Waals surface area (Å²) >= 11 is 7.96. The van der Waals surface area contributed by atoms with Gasteiger partial charge in [0.15, 0.2) is 0 Å². The molecule has 0 spiro atoms. The van der Waals surface area contributed by atoms with Crippen molar-refractivity contribution in [3.8, 4) is 16.2 Å². The molecule has 1 saturated heterocycles. The second kappa shape index (κ2) is 10.0. The van der Waals surface area contributed by atoms with Crippen molar-refractivity contribution < 1.29 is 23.7 Å². The molecule has 2 heterocycles. The van der Waals surface area contributed by atoms with Crippen LogP contribution in [0.2, 0.25) is 5.02 Å². The van der Waals surface area contributed by atoms with E-state index in [-0.39, 0.29) is 12.6 Å². The molecule has 0 bridgehead atoms. The first-order chi connectivity index (χ1) is 15.5. The summed E-state index contributed by atoms with van der Waals surface area (Å²) in [7, 11) is 0. The number of hydrogen-bond acceptors (Lipinski definition) is 6. The van der Waals surface area contributed by atoms with Crippen LogP contribution in [-0.4, -0.2) is 32.4 Å². The maximum absolute atomic E-state index is 11.6. The Morgan fingerprint density at radius 1 is 1.12 bits per heavy atom. The van der Waals surface area contributed by atoms with Gasteiger partial charge in [0, 0.05) is 14.8 Å². The van der Waals surface area contributed by atoms with Gasteiger partial charge in [-0.1, -0.05) is 35.9 Å². The summed E-state index contributed by atoms with van der Waals surface area (Å²) in [6.45, 7) is 5.35. The zero-order valence-corrected chi connectivity index (χ0v) is 19.6. The molecule has 3 aromatic rings. The Labute approximate surface area is 196 Å². The van der Waals surface area contributed by atoms with Crippen molar-refractivity contribution in [2.45, 2.75) is 26.1 Å². The summed E-state index contributed by atoms with van der Waals surface area (Å²) in [4.78, 5) is 13.9. The van der Waals surface area contributed by atoms with E-state index in [1.807, 2.05) is 43.3 Å². The lowest BCUT2D eigenvalue weighted by atomic mass is 9.91. The van der Waals surface area contributed by atoms with Gasteiger partial charge in [-0.3, -0.25) is 0 Å². The second-order valence-electron chi connectivity index (χ2n) is 7.57. The van der Waals surface area contributed by atoms with Gasteiger partial charge in [-0.15, -0.1) is 11.3 Å². The van der Waals surface area contributed by atoms with E-state index >= 15 is 0 Å². The van der Waals surface area contributed by atoms with Crippen molar-refractivity contribution in [3.63, 3.8) is 0 Å². The predicted octanol–water partition coefficient (Wildman–Crippen LogP) is 5.76. The van der Waals surface area contributed by atoms with Gasteiger partial charge in [0.05, 0.1) is 19.8 Å². The summed E-state index contributed by atoms with van der Waals surface area (Å²) in [6.07, 6.45) is 0. The molecular weight excluding hydrogens is 448 g/mol. The summed E-state index contributed by atoms with van der Waals surface area (Å²) in [5.41, 5.74) is 2.57. The average molecular weight is 473 g/mol. The van der Waals surface area contributed by atoms with Gasteiger partial charge < -0.3 is 18.9 Å². The Morgan fingerprint density at radius 2 is 1.91 bits per heavy atom. The van der Waals surface area contributed by atoms with E-state index in [4.69, 9.17) is 30.5 Å². The maximum Gasteiger partial charge on any atom is 0.332 e. The van der Waals surface area contributed by atoms with E-state index in [0.717, 1.165) is 32.3 Å². The van der Waals surface area contributed by atoms with E-state index in [2.05, 4.69) is 18.2 Å². The number of ether oxygens (including phenoxy) is 4. The third-order valence-corrected chi connectivity index (χ3v) is 6.90. The summed E-state index contributed by atoms with van der Waals surface area (Å²) < 4.78 is 22.1. The molecule has 0 radical (unpaired) electrons. The van der Waals surface area contributed by atoms with Crippen LogP contribution in [0, 0.1) is 6.92 Å². The van der Waals surface area contributed by atoms with Gasteiger partial charge in [0.2, 0.25) is 0 Å². The highest BCUT2D eigenvalue weighted by Gasteiger charge is 2.42. The van der Waals surface area contributed by atoms with Crippen LogP contribution in [-0.2, 0) is 31.2 Å². The van der Waals surface area contributed by atoms with E-state index in [0.29, 0.717) is 26.4 Å². The van der Waals surface area contributed by atoms with Crippen molar-refractivity contribution in [3.05, 3.63) is 75.6 Å². The van der Waals surface area contributed by atoms with Crippen molar-refractivity contribution in [2.24, 2.45) is 0 Å². The van der Waals surface area contributed by atoms with Crippen molar-refractivity contribution in [2.75, 3.05) is 26.4 Å². The fourth-order valence-corrected chi connectivity index (χ4v) is 4.68. The van der Waals surface area contributed by atoms with Crippen LogP contribution in [0.5, 0.6) is 5.75 Å². The zero-order valence-electron chi connectivity index (χ0n) is 18.1. The molecular formula is C25H25ClO5S. The van der Waals surface area contributed by atoms with Gasteiger partial charge in [-0.25, -0.2) is 4.79 Å². The predicted molar refractivity (Wildman–Crippen MR) is 125 cm³/mol. The van der Waals surface area contributed by atoms with Crippen LogP contribution < -0.4 is 4.74 Å². The molecule has 0 amide bonds. The van der Waals surface area contributed by atoms with Gasteiger partial charge in [0.25, 0.3) is 0 Å². The smallest absolute Gasteiger partial charge is 0.332 e. The lowest BCUT2D eigenvalue weighted by Crippen LogP contribution is -2.49. The van der Waals surface area contributed by atoms with E-state index in [1.165, 1.54) is 4.88 Å². The number of carbonyl (C=O) groups excluding carboxylic acids is 1. The minimum Gasteiger partial charge on any atom is -0.488 e. The number of thiophene rings is 1. The highest BCUT2D eigenvalue weighted by Crippen LogP contribution is 2.36. The molecule has 2 aromatic carbocycles. The third kappa shape index (κ3) is 4.99. The number of rotatable bonds is 9. The zero-order chi connectivity index (χ0) is 22.6. The highest BCUT2D eigenvalue weighted by atomic mass is 35.5. The van der Waals surface area contributed by atoms with Gasteiger partial charge in [-0.2, -0.15) is 0 Å². The normalized spacial score (nSPS) is 14.6. The largest absolute Gasteiger partial charge is 0.488 e. The molecule has 1 aromatic heterocycles. The maximum atomic E-state index is 11.6. The molecule has 1 fully saturated rings. The van der Waals surface area contributed by atoms with Gasteiger partial charge in [0.1, 0.15) is 24.6 Å². The van der Waals surface area contributed by atoms with Gasteiger partial charge >= 0.3 is 5.97 Å². The minimum atomic E-state index is -0.608. The Kier molecular flexibility index (Phi) is 7.16. The topological polar surface area (TPSA) is 54.0 Å². The number of esters is 1. The molecule has 0 saturated carbocycles. The molecule has 0 N–H and O–H groups in total. The lowest BCUT2D eigenvalue weighted by Gasteiger charge is -2.41. The standard InChI is InChI=1S/C25H25ClO5S/c1-3-29-24(27)14-31-25(15-28-16-25)18-7-9-19(10-8-18)30-13-20-11-12-23(32-20)21-5-4-6-22(26)17(21)2/h4-12H,3,13-16H2,1-2H3. The highest BCUT2D eigenvalue weighted by molar-refractivity contribution is 7.15. The molecule has 5 nitrogen and oxygen atoms in total. The molecule has 32 heavy (non-hydrogen) atoms. The Balaban J connectivity index is 1.37. The first-order valence-corrected chi connectivity index (χ1v) is 11.6. The van der Waals surface area contributed by atoms with Crippen molar-refractivity contribution in [1.29, 1.82) is 0 Å². The van der Waals surface area contributed by atoms with Crippen LogP contribution in [0.1, 0.15) is 22.9 Å². The van der Waals surface area contributed by atoms with Crippen LogP contribution in [0.3, 0.4) is 0 Å². The molecule has 0 unspecified atom stereocenters.